The predicted octanol–water partition coefficient (Wildman–Crippen LogP) is 5.46. The normalized spacial score (nSPS) is 24.2. The molecule has 6 fully saturated rings. The minimum Gasteiger partial charge on any atom is -0.480 e. The number of carbonyl (C=O) groups excluding carboxylic acids is 7. The maximum Gasteiger partial charge on any atom is 0.408 e. The molecule has 0 radical (unpaired) electrons. The Morgan fingerprint density at radius 1 is 0.571 bits per heavy atom. The lowest BCUT2D eigenvalue weighted by Gasteiger charge is -2.38. The molecule has 2 saturated heterocycles. The van der Waals surface area contributed by atoms with E-state index in [1.165, 1.54) is 34.1 Å². The lowest BCUT2D eigenvalue weighted by molar-refractivity contribution is -0.152. The Balaban J connectivity index is 0.000000255. The van der Waals surface area contributed by atoms with Gasteiger partial charge in [0.25, 0.3) is 31.9 Å². The maximum atomic E-state index is 14.0. The number of nitrogens with one attached hydrogen (secondary N) is 5. The van der Waals surface area contributed by atoms with Crippen LogP contribution in [0.25, 0.3) is 0 Å². The van der Waals surface area contributed by atoms with Gasteiger partial charge in [-0.25, -0.2) is 40.7 Å². The predicted molar refractivity (Wildman–Crippen MR) is 312 cm³/mol. The van der Waals surface area contributed by atoms with Gasteiger partial charge in [-0.2, -0.15) is 0 Å². The van der Waals surface area contributed by atoms with E-state index in [9.17, 15) is 60.3 Å². The Hall–Kier alpha value is -6.05. The van der Waals surface area contributed by atoms with Gasteiger partial charge in [0, 0.05) is 19.0 Å². The summed E-state index contributed by atoms with van der Waals surface area (Å²) in [5.74, 6) is -3.61. The van der Waals surface area contributed by atoms with Crippen LogP contribution in [0, 0.1) is 45.3 Å². The first-order valence-electron chi connectivity index (χ1n) is 27.9. The fourth-order valence-electron chi connectivity index (χ4n) is 11.1. The van der Waals surface area contributed by atoms with Crippen LogP contribution in [-0.4, -0.2) is 139 Å². The topological polar surface area (TPSA) is 336 Å². The van der Waals surface area contributed by atoms with Crippen LogP contribution < -0.4 is 31.1 Å². The van der Waals surface area contributed by atoms with Crippen molar-refractivity contribution in [2.24, 2.45) is 51.1 Å². The van der Waals surface area contributed by atoms with Crippen molar-refractivity contribution in [2.75, 3.05) is 13.1 Å². The van der Waals surface area contributed by atoms with Crippen LogP contribution in [0.1, 0.15) is 136 Å². The molecule has 8 atom stereocenters. The molecule has 6 aliphatic rings. The number of hydrogen-bond acceptors (Lipinski definition) is 15. The number of likely N-dealkylation sites (tertiary alicyclic amines) is 2. The van der Waals surface area contributed by atoms with Gasteiger partial charge < -0.3 is 46.1 Å². The van der Waals surface area contributed by atoms with Gasteiger partial charge in [-0.3, -0.25) is 24.0 Å². The highest BCUT2D eigenvalue weighted by atomic mass is 35.5. The first-order chi connectivity index (χ1) is 37.7. The molecule has 84 heavy (non-hydrogen) atoms. The number of aliphatic carboxylic acids is 1. The van der Waals surface area contributed by atoms with Crippen molar-refractivity contribution in [3.63, 3.8) is 0 Å². The second-order valence-corrected chi connectivity index (χ2v) is 31.6. The summed E-state index contributed by atoms with van der Waals surface area (Å²) in [6.07, 6.45) is 0.203. The first-order valence-corrected chi connectivity index (χ1v) is 30.9. The summed E-state index contributed by atoms with van der Waals surface area (Å²) >= 11 is 0. The van der Waals surface area contributed by atoms with E-state index in [0.717, 1.165) is 0 Å². The molecule has 8 N–H and O–H groups in total. The standard InChI is InChI=1S/C29H42N4O7S.C19H32N2O5.C10H12N2O3S.ClH/c1-26(2,3)21(30-25(37)40-27(4,5)6)23(35)33-16-18-19(28(18,7)8)20(33)22(34)31-29(14-15-29)24(36)32-41(38,39)17-12-10-9-11-13-17;1-17(2,3)13(20-16(25)26-18(4,5)6)14(22)21-9-10-11(19(10,7)8)12(21)15(23)24;11-10(6-7-10)9(13)12-16(14,15)8-4-2-1-3-5-8;/h9-13,18-21H,14-16H2,1-8H3,(H,30,37)(H,31,34)(H,32,36);10-13H,9H2,1-8H3,(H,20,25)(H,23,24);1-5H,6-7,11H2,(H,12,13);1H/t18?,19-,20?,21+;10?,11-,12?,13+;;/m00../s1. The summed E-state index contributed by atoms with van der Waals surface area (Å²) in [4.78, 5) is 105. The lowest BCUT2D eigenvalue weighted by atomic mass is 9.85. The number of fused-ring (bicyclic) bond motifs is 2. The monoisotopic (exact) mass is 1230 g/mol. The number of hydrogen-bond donors (Lipinski definition) is 7. The van der Waals surface area contributed by atoms with Crippen LogP contribution >= 0.6 is 12.4 Å². The molecular formula is C58H87ClN8O15S2. The van der Waals surface area contributed by atoms with Gasteiger partial charge in [-0.05, 0) is 131 Å². The number of carboxylic acid groups (broad SMARTS) is 1. The van der Waals surface area contributed by atoms with E-state index in [1.807, 2.05) is 74.0 Å². The van der Waals surface area contributed by atoms with E-state index in [-0.39, 0.29) is 75.4 Å². The molecule has 2 heterocycles. The SMILES string of the molecule is CC(C)(C)OC(=O)N[C@H](C(=O)N1CC2[C@@H](C1C(=O)NC1(C(=O)NS(=O)(=O)c3ccccc3)CC1)C2(C)C)C(C)(C)C.CC(C)(C)OC(=O)N[C@H](C(=O)N1CC2[C@@H](C1C(=O)O)C2(C)C)C(C)(C)C.Cl.NC1(C(=O)NS(=O)(=O)c2ccccc2)CC1. The Morgan fingerprint density at radius 2 is 0.917 bits per heavy atom. The summed E-state index contributed by atoms with van der Waals surface area (Å²) in [5, 5.41) is 17.8. The van der Waals surface area contributed by atoms with Crippen molar-refractivity contribution in [1.82, 2.24) is 35.2 Å². The van der Waals surface area contributed by atoms with Gasteiger partial charge in [-0.15, -0.1) is 12.4 Å². The third-order valence-corrected chi connectivity index (χ3v) is 19.1. The van der Waals surface area contributed by atoms with Crippen LogP contribution in [0.4, 0.5) is 9.59 Å². The summed E-state index contributed by atoms with van der Waals surface area (Å²) in [5.41, 5.74) is 0.273. The molecule has 468 valence electrons. The third kappa shape index (κ3) is 15.7. The Bertz CT molecular complexity index is 3090. The van der Waals surface area contributed by atoms with Crippen LogP contribution in [0.15, 0.2) is 70.5 Å². The third-order valence-electron chi connectivity index (χ3n) is 16.4. The summed E-state index contributed by atoms with van der Waals surface area (Å²) in [7, 11) is -7.90. The number of alkyl carbamates (subject to hydrolysis) is 2. The molecule has 8 rings (SSSR count). The Labute approximate surface area is 500 Å². The number of nitrogens with zero attached hydrogens (tertiary/aromatic N) is 2. The van der Waals surface area contributed by atoms with Crippen molar-refractivity contribution in [1.29, 1.82) is 0 Å². The molecule has 7 amide bonds. The largest absolute Gasteiger partial charge is 0.480 e. The van der Waals surface area contributed by atoms with Gasteiger partial charge in [0.05, 0.1) is 15.3 Å². The Kier molecular flexibility index (Phi) is 19.4. The van der Waals surface area contributed by atoms with Gasteiger partial charge in [0.1, 0.15) is 40.9 Å². The average molecular weight is 1240 g/mol. The van der Waals surface area contributed by atoms with Gasteiger partial charge in [0.15, 0.2) is 0 Å². The lowest BCUT2D eigenvalue weighted by Crippen LogP contribution is -2.61. The number of amides is 7. The fourth-order valence-corrected chi connectivity index (χ4v) is 13.2. The zero-order valence-electron chi connectivity index (χ0n) is 51.0. The van der Waals surface area contributed by atoms with Gasteiger partial charge in [0.2, 0.25) is 17.7 Å². The molecule has 0 aromatic heterocycles. The number of carboxylic acids is 1. The summed E-state index contributed by atoms with van der Waals surface area (Å²) in [6, 6.07) is 11.7. The molecule has 4 saturated carbocycles. The molecule has 4 aliphatic carbocycles. The van der Waals surface area contributed by atoms with Crippen LogP contribution in [0.3, 0.4) is 0 Å². The number of ether oxygens (including phenoxy) is 2. The van der Waals surface area contributed by atoms with E-state index < -0.39 is 119 Å². The van der Waals surface area contributed by atoms with Crippen molar-refractivity contribution >= 4 is 80.1 Å². The zero-order valence-corrected chi connectivity index (χ0v) is 53.4. The quantitative estimate of drug-likeness (QED) is 0.131. The highest BCUT2D eigenvalue weighted by molar-refractivity contribution is 7.90. The Morgan fingerprint density at radius 3 is 1.24 bits per heavy atom. The van der Waals surface area contributed by atoms with E-state index in [1.54, 1.807) is 77.9 Å². The van der Waals surface area contributed by atoms with E-state index in [0.29, 0.717) is 25.9 Å². The van der Waals surface area contributed by atoms with Crippen molar-refractivity contribution in [2.45, 2.75) is 193 Å². The summed E-state index contributed by atoms with van der Waals surface area (Å²) < 4.78 is 63.7. The van der Waals surface area contributed by atoms with Crippen LogP contribution in [0.5, 0.6) is 0 Å². The van der Waals surface area contributed by atoms with Crippen LogP contribution in [0.2, 0.25) is 0 Å². The molecule has 2 aromatic carbocycles. The second-order valence-electron chi connectivity index (χ2n) is 28.2. The number of sulfonamides is 2. The average Bonchev–Trinajstić information content (AvgIpc) is 1.93. The molecule has 4 unspecified atom stereocenters. The molecule has 23 nitrogen and oxygen atoms in total. The highest BCUT2D eigenvalue weighted by Crippen LogP contribution is 2.66. The van der Waals surface area contributed by atoms with Crippen molar-refractivity contribution in [3.05, 3.63) is 60.7 Å². The van der Waals surface area contributed by atoms with Crippen LogP contribution in [-0.2, 0) is 58.3 Å². The van der Waals surface area contributed by atoms with E-state index in [2.05, 4.69) is 20.7 Å². The number of piperidine rings is 2. The minimum absolute atomic E-state index is 0. The van der Waals surface area contributed by atoms with Crippen molar-refractivity contribution in [3.8, 4) is 0 Å². The van der Waals surface area contributed by atoms with Gasteiger partial charge >= 0.3 is 18.2 Å². The highest BCUT2D eigenvalue weighted by Gasteiger charge is 2.71. The summed E-state index contributed by atoms with van der Waals surface area (Å²) in [6.45, 7) is 30.3. The molecule has 26 heteroatoms. The number of halogens is 1. The first kappa shape index (κ1) is 68.7. The van der Waals surface area contributed by atoms with E-state index in [4.69, 9.17) is 15.2 Å². The minimum atomic E-state index is -4.12. The maximum absolute atomic E-state index is 14.0. The fraction of sp³-hybridized carbons (Fsp3) is 0.655. The zero-order chi connectivity index (χ0) is 62.8. The molecule has 0 bridgehead atoms. The number of carbonyl (C=O) groups is 8. The smallest absolute Gasteiger partial charge is 0.408 e. The molecular weight excluding hydrogens is 1150 g/mol. The number of benzene rings is 2. The number of nitrogens with two attached hydrogens (primary N) is 1. The second kappa shape index (κ2) is 23.7. The van der Waals surface area contributed by atoms with E-state index >= 15 is 0 Å². The molecule has 2 aliphatic heterocycles. The molecule has 2 aromatic rings. The van der Waals surface area contributed by atoms with Gasteiger partial charge in [-0.1, -0.05) is 106 Å². The number of rotatable bonds is 13. The molecule has 0 spiro atoms. The van der Waals surface area contributed by atoms with Crippen molar-refractivity contribution < 1.29 is 69.8 Å².